The Morgan fingerprint density at radius 3 is 2.29 bits per heavy atom. The molecule has 0 aromatic heterocycles. The molecular weight excluding hydrogens is 320 g/mol. The van der Waals surface area contributed by atoms with E-state index in [1.54, 1.807) is 42.9 Å². The standard InChI is InChI=1S/C19H22N2O2S/c1-20-19(23)17-10-8-15(9-11-17)12-21(2)18(22)14-24-13-16-6-4-3-5-7-16/h3-11H,12-14H2,1-2H3,(H,20,23). The van der Waals surface area contributed by atoms with E-state index >= 15 is 0 Å². The highest BCUT2D eigenvalue weighted by Crippen LogP contribution is 2.13. The number of nitrogens with zero attached hydrogens (tertiary/aromatic N) is 1. The molecule has 0 unspecified atom stereocenters. The maximum atomic E-state index is 12.2. The Bertz CT molecular complexity index is 672. The topological polar surface area (TPSA) is 49.4 Å². The molecule has 0 aliphatic carbocycles. The highest BCUT2D eigenvalue weighted by Gasteiger charge is 2.10. The van der Waals surface area contributed by atoms with Gasteiger partial charge in [0.05, 0.1) is 5.75 Å². The van der Waals surface area contributed by atoms with Crippen LogP contribution < -0.4 is 5.32 Å². The van der Waals surface area contributed by atoms with Gasteiger partial charge in [-0.25, -0.2) is 0 Å². The molecule has 5 heteroatoms. The van der Waals surface area contributed by atoms with Crippen molar-refractivity contribution in [2.45, 2.75) is 12.3 Å². The molecule has 0 aliphatic heterocycles. The van der Waals surface area contributed by atoms with E-state index in [0.717, 1.165) is 11.3 Å². The zero-order valence-corrected chi connectivity index (χ0v) is 14.8. The van der Waals surface area contributed by atoms with Crippen molar-refractivity contribution >= 4 is 23.6 Å². The molecule has 0 heterocycles. The van der Waals surface area contributed by atoms with Crippen LogP contribution in [0.5, 0.6) is 0 Å². The summed E-state index contributed by atoms with van der Waals surface area (Å²) >= 11 is 1.62. The van der Waals surface area contributed by atoms with Crippen LogP contribution in [0, 0.1) is 0 Å². The zero-order chi connectivity index (χ0) is 17.4. The summed E-state index contributed by atoms with van der Waals surface area (Å²) in [4.78, 5) is 25.4. The summed E-state index contributed by atoms with van der Waals surface area (Å²) in [5.74, 6) is 1.29. The van der Waals surface area contributed by atoms with Crippen molar-refractivity contribution in [3.63, 3.8) is 0 Å². The van der Waals surface area contributed by atoms with E-state index < -0.39 is 0 Å². The number of nitrogens with one attached hydrogen (secondary N) is 1. The summed E-state index contributed by atoms with van der Waals surface area (Å²) in [6, 6.07) is 17.4. The van der Waals surface area contributed by atoms with Crippen LogP contribution in [0.1, 0.15) is 21.5 Å². The van der Waals surface area contributed by atoms with Gasteiger partial charge in [-0.05, 0) is 23.3 Å². The van der Waals surface area contributed by atoms with Crippen LogP contribution in [0.15, 0.2) is 54.6 Å². The van der Waals surface area contributed by atoms with E-state index in [9.17, 15) is 9.59 Å². The molecule has 0 spiro atoms. The van der Waals surface area contributed by atoms with Gasteiger partial charge < -0.3 is 10.2 Å². The molecule has 2 amide bonds. The summed E-state index contributed by atoms with van der Waals surface area (Å²) < 4.78 is 0. The fraction of sp³-hybridized carbons (Fsp3) is 0.263. The Morgan fingerprint density at radius 2 is 1.67 bits per heavy atom. The summed E-state index contributed by atoms with van der Waals surface area (Å²) in [6.45, 7) is 0.540. The Hall–Kier alpha value is -2.27. The maximum Gasteiger partial charge on any atom is 0.251 e. The first-order chi connectivity index (χ1) is 11.6. The summed E-state index contributed by atoms with van der Waals surface area (Å²) in [5.41, 5.74) is 2.85. The number of thioether (sulfide) groups is 1. The van der Waals surface area contributed by atoms with Gasteiger partial charge >= 0.3 is 0 Å². The van der Waals surface area contributed by atoms with Crippen LogP contribution in [0.2, 0.25) is 0 Å². The molecule has 126 valence electrons. The molecule has 0 fully saturated rings. The van der Waals surface area contributed by atoms with Gasteiger partial charge in [-0.3, -0.25) is 9.59 Å². The first kappa shape index (κ1) is 18.1. The van der Waals surface area contributed by atoms with Crippen molar-refractivity contribution in [1.29, 1.82) is 0 Å². The van der Waals surface area contributed by atoms with Crippen LogP contribution in [-0.2, 0) is 17.1 Å². The predicted octanol–water partition coefficient (Wildman–Crippen LogP) is 2.94. The van der Waals surface area contributed by atoms with E-state index in [4.69, 9.17) is 0 Å². The Labute approximate surface area is 147 Å². The number of carbonyl (C=O) groups excluding carboxylic acids is 2. The molecule has 4 nitrogen and oxygen atoms in total. The van der Waals surface area contributed by atoms with E-state index in [-0.39, 0.29) is 11.8 Å². The number of hydrogen-bond donors (Lipinski definition) is 1. The van der Waals surface area contributed by atoms with Crippen LogP contribution in [0.4, 0.5) is 0 Å². The second-order valence-electron chi connectivity index (χ2n) is 5.50. The highest BCUT2D eigenvalue weighted by molar-refractivity contribution is 7.99. The van der Waals surface area contributed by atoms with Crippen LogP contribution in [0.3, 0.4) is 0 Å². The van der Waals surface area contributed by atoms with Crippen LogP contribution >= 0.6 is 11.8 Å². The Morgan fingerprint density at radius 1 is 1.00 bits per heavy atom. The van der Waals surface area contributed by atoms with Crippen molar-refractivity contribution in [3.05, 3.63) is 71.3 Å². The van der Waals surface area contributed by atoms with Crippen LogP contribution in [-0.4, -0.2) is 36.6 Å². The third-order valence-electron chi connectivity index (χ3n) is 3.63. The van der Waals surface area contributed by atoms with Crippen molar-refractivity contribution in [3.8, 4) is 0 Å². The second kappa shape index (κ2) is 9.13. The predicted molar refractivity (Wildman–Crippen MR) is 98.9 cm³/mol. The summed E-state index contributed by atoms with van der Waals surface area (Å²) in [5, 5.41) is 2.59. The number of carbonyl (C=O) groups is 2. The molecule has 0 saturated carbocycles. The zero-order valence-electron chi connectivity index (χ0n) is 14.0. The van der Waals surface area contributed by atoms with Crippen molar-refractivity contribution in [1.82, 2.24) is 10.2 Å². The normalized spacial score (nSPS) is 10.2. The molecule has 2 rings (SSSR count). The molecule has 2 aromatic carbocycles. The fourth-order valence-electron chi connectivity index (χ4n) is 2.21. The summed E-state index contributed by atoms with van der Waals surface area (Å²) in [7, 11) is 3.41. The molecule has 1 N–H and O–H groups in total. The average Bonchev–Trinajstić information content (AvgIpc) is 2.62. The number of benzene rings is 2. The van der Waals surface area contributed by atoms with Crippen molar-refractivity contribution in [2.75, 3.05) is 19.8 Å². The third kappa shape index (κ3) is 5.42. The van der Waals surface area contributed by atoms with Gasteiger partial charge in [-0.2, -0.15) is 0 Å². The van der Waals surface area contributed by atoms with Crippen molar-refractivity contribution < 1.29 is 9.59 Å². The SMILES string of the molecule is CNC(=O)c1ccc(CN(C)C(=O)CSCc2ccccc2)cc1. The van der Waals surface area contributed by atoms with Gasteiger partial charge in [0.25, 0.3) is 5.91 Å². The monoisotopic (exact) mass is 342 g/mol. The lowest BCUT2D eigenvalue weighted by Gasteiger charge is -2.17. The third-order valence-corrected chi connectivity index (χ3v) is 4.61. The smallest absolute Gasteiger partial charge is 0.251 e. The first-order valence-electron chi connectivity index (χ1n) is 7.77. The minimum atomic E-state index is -0.108. The lowest BCUT2D eigenvalue weighted by molar-refractivity contribution is -0.127. The highest BCUT2D eigenvalue weighted by atomic mass is 32.2. The maximum absolute atomic E-state index is 12.2. The molecule has 2 aromatic rings. The number of amides is 2. The number of rotatable bonds is 7. The van der Waals surface area contributed by atoms with Gasteiger partial charge in [0.1, 0.15) is 0 Å². The average molecular weight is 342 g/mol. The fourth-order valence-corrected chi connectivity index (χ4v) is 3.13. The lowest BCUT2D eigenvalue weighted by atomic mass is 10.1. The molecule has 0 radical (unpaired) electrons. The molecule has 24 heavy (non-hydrogen) atoms. The lowest BCUT2D eigenvalue weighted by Crippen LogP contribution is -2.27. The van der Waals surface area contributed by atoms with E-state index in [0.29, 0.717) is 17.9 Å². The molecule has 0 saturated heterocycles. The van der Waals surface area contributed by atoms with Gasteiger partial charge in [0.15, 0.2) is 0 Å². The van der Waals surface area contributed by atoms with Crippen molar-refractivity contribution in [2.24, 2.45) is 0 Å². The molecule has 0 bridgehead atoms. The minimum Gasteiger partial charge on any atom is -0.355 e. The largest absolute Gasteiger partial charge is 0.355 e. The van der Waals surface area contributed by atoms with Gasteiger partial charge in [0.2, 0.25) is 5.91 Å². The molecule has 0 atom stereocenters. The molecule has 0 aliphatic rings. The van der Waals surface area contributed by atoms with Gasteiger partial charge in [-0.15, -0.1) is 11.8 Å². The van der Waals surface area contributed by atoms with E-state index in [2.05, 4.69) is 17.4 Å². The Kier molecular flexibility index (Phi) is 6.88. The summed E-state index contributed by atoms with van der Waals surface area (Å²) in [6.07, 6.45) is 0. The van der Waals surface area contributed by atoms with E-state index in [1.165, 1.54) is 5.56 Å². The second-order valence-corrected chi connectivity index (χ2v) is 6.49. The van der Waals surface area contributed by atoms with E-state index in [1.807, 2.05) is 30.3 Å². The Balaban J connectivity index is 1.79. The van der Waals surface area contributed by atoms with Crippen LogP contribution in [0.25, 0.3) is 0 Å². The van der Waals surface area contributed by atoms with Gasteiger partial charge in [0, 0.05) is 32.0 Å². The minimum absolute atomic E-state index is 0.103. The van der Waals surface area contributed by atoms with Gasteiger partial charge in [-0.1, -0.05) is 42.5 Å². The quantitative estimate of drug-likeness (QED) is 0.842. The number of hydrogen-bond acceptors (Lipinski definition) is 3. The molecular formula is C19H22N2O2S. The first-order valence-corrected chi connectivity index (χ1v) is 8.92.